The maximum Gasteiger partial charge on any atom is 0.190 e. The number of rotatable bonds is 3. The maximum absolute atomic E-state index is 11.6. The Morgan fingerprint density at radius 3 is 2.43 bits per heavy atom. The van der Waals surface area contributed by atoms with Crippen molar-refractivity contribution < 1.29 is 9.85 Å². The molecule has 0 atom stereocenters. The van der Waals surface area contributed by atoms with Crippen molar-refractivity contribution in [1.29, 1.82) is 0 Å². The first-order valence-corrected chi connectivity index (χ1v) is 4.53. The first kappa shape index (κ1) is 10.7. The van der Waals surface area contributed by atoms with Gasteiger partial charge in [0.05, 0.1) is 0 Å². The maximum atomic E-state index is 11.6. The minimum Gasteiger partial charge on any atom is -0.623 e. The molecule has 0 heterocycles. The van der Waals surface area contributed by atoms with Gasteiger partial charge in [0, 0.05) is 19.4 Å². The fourth-order valence-corrected chi connectivity index (χ4v) is 0.919. The largest absolute Gasteiger partial charge is 0.623 e. The minimum absolute atomic E-state index is 0.167. The zero-order valence-electron chi connectivity index (χ0n) is 8.47. The summed E-state index contributed by atoms with van der Waals surface area (Å²) >= 11 is 0. The van der Waals surface area contributed by atoms with Crippen LogP contribution in [0.15, 0.2) is 30.3 Å². The van der Waals surface area contributed by atoms with Crippen LogP contribution in [0.1, 0.15) is 19.4 Å². The van der Waals surface area contributed by atoms with Gasteiger partial charge in [-0.05, 0) is 12.1 Å². The molecule has 0 bridgehead atoms. The second-order valence-corrected chi connectivity index (χ2v) is 3.84. The molecule has 3 nitrogen and oxygen atoms in total. The zero-order chi connectivity index (χ0) is 10.6. The number of nitrogens with zero attached hydrogens (tertiary/aromatic N) is 1. The van der Waals surface area contributed by atoms with E-state index in [4.69, 9.17) is 5.11 Å². The monoisotopic (exact) mass is 193 g/mol. The minimum atomic E-state index is -0.768. The van der Waals surface area contributed by atoms with Crippen LogP contribution in [-0.4, -0.2) is 28.2 Å². The lowest BCUT2D eigenvalue weighted by molar-refractivity contribution is -0.539. The Hall–Kier alpha value is -1.35. The average Bonchev–Trinajstić information content (AvgIpc) is 2.19. The topological polar surface area (TPSA) is 46.3 Å². The highest BCUT2D eigenvalue weighted by Crippen LogP contribution is 2.06. The molecule has 3 heteroatoms. The van der Waals surface area contributed by atoms with Crippen LogP contribution in [0.25, 0.3) is 0 Å². The van der Waals surface area contributed by atoms with Gasteiger partial charge in [-0.15, -0.1) is 0 Å². The van der Waals surface area contributed by atoms with Gasteiger partial charge in [0.25, 0.3) is 0 Å². The van der Waals surface area contributed by atoms with Crippen molar-refractivity contribution in [3.8, 4) is 0 Å². The predicted octanol–water partition coefficient (Wildman–Crippen LogP) is 1.39. The number of benzene rings is 1. The van der Waals surface area contributed by atoms with E-state index in [0.717, 1.165) is 10.3 Å². The van der Waals surface area contributed by atoms with Crippen molar-refractivity contribution in [2.45, 2.75) is 19.4 Å². The highest BCUT2D eigenvalue weighted by molar-refractivity contribution is 5.75. The number of hydroxylamine groups is 1. The Kier molecular flexibility index (Phi) is 3.25. The van der Waals surface area contributed by atoms with E-state index >= 15 is 0 Å². The summed E-state index contributed by atoms with van der Waals surface area (Å²) in [6.45, 7) is 3.22. The van der Waals surface area contributed by atoms with Crippen LogP contribution in [0, 0.1) is 5.21 Å². The van der Waals surface area contributed by atoms with E-state index in [9.17, 15) is 5.21 Å². The highest BCUT2D eigenvalue weighted by Gasteiger charge is 2.24. The third-order valence-corrected chi connectivity index (χ3v) is 2.05. The molecule has 0 saturated carbocycles. The lowest BCUT2D eigenvalue weighted by atomic mass is 10.1. The van der Waals surface area contributed by atoms with Gasteiger partial charge in [-0.2, -0.15) is 0 Å². The molecule has 0 amide bonds. The summed E-state index contributed by atoms with van der Waals surface area (Å²) in [5, 5.41) is 20.5. The molecule has 0 saturated heterocycles. The molecule has 1 aromatic carbocycles. The standard InChI is InChI=1S/C11H15NO2/c1-11(2,9-13)12(14)8-10-6-4-3-5-7-10/h3-8,13H,9H2,1-2H3/b12-8-. The first-order valence-electron chi connectivity index (χ1n) is 4.53. The van der Waals surface area contributed by atoms with Crippen LogP contribution in [0.2, 0.25) is 0 Å². The molecule has 14 heavy (non-hydrogen) atoms. The van der Waals surface area contributed by atoms with E-state index in [1.807, 2.05) is 30.3 Å². The molecule has 0 aromatic heterocycles. The Morgan fingerprint density at radius 1 is 1.36 bits per heavy atom. The van der Waals surface area contributed by atoms with Gasteiger partial charge in [-0.3, -0.25) is 0 Å². The molecule has 0 fully saturated rings. The molecule has 0 aliphatic carbocycles. The third kappa shape index (κ3) is 2.57. The molecule has 1 N–H and O–H groups in total. The van der Waals surface area contributed by atoms with Gasteiger partial charge in [-0.25, -0.2) is 4.74 Å². The smallest absolute Gasteiger partial charge is 0.190 e. The van der Waals surface area contributed by atoms with Crippen molar-refractivity contribution in [2.75, 3.05) is 6.61 Å². The second-order valence-electron chi connectivity index (χ2n) is 3.84. The summed E-state index contributed by atoms with van der Waals surface area (Å²) in [4.78, 5) is 0. The lowest BCUT2D eigenvalue weighted by Gasteiger charge is -2.21. The molecule has 0 aliphatic heterocycles. The summed E-state index contributed by atoms with van der Waals surface area (Å²) < 4.78 is 0.780. The van der Waals surface area contributed by atoms with E-state index in [2.05, 4.69) is 0 Å². The second kappa shape index (κ2) is 4.24. The number of hydrogen-bond acceptors (Lipinski definition) is 2. The van der Waals surface area contributed by atoms with E-state index in [0.29, 0.717) is 0 Å². The van der Waals surface area contributed by atoms with Crippen molar-refractivity contribution in [3.63, 3.8) is 0 Å². The number of hydrogen-bond donors (Lipinski definition) is 1. The van der Waals surface area contributed by atoms with Gasteiger partial charge in [-0.1, -0.05) is 18.2 Å². The van der Waals surface area contributed by atoms with Crippen LogP contribution >= 0.6 is 0 Å². The summed E-state index contributed by atoms with van der Waals surface area (Å²) in [7, 11) is 0. The normalized spacial score (nSPS) is 12.9. The Bertz CT molecular complexity index is 317. The molecular formula is C11H15NO2. The molecular weight excluding hydrogens is 178 g/mol. The van der Waals surface area contributed by atoms with Crippen molar-refractivity contribution in [2.24, 2.45) is 0 Å². The fraction of sp³-hybridized carbons (Fsp3) is 0.364. The van der Waals surface area contributed by atoms with E-state index in [1.165, 1.54) is 6.21 Å². The predicted molar refractivity (Wildman–Crippen MR) is 56.4 cm³/mol. The van der Waals surface area contributed by atoms with Crippen molar-refractivity contribution in [3.05, 3.63) is 41.1 Å². The molecule has 0 unspecified atom stereocenters. The summed E-state index contributed by atoms with van der Waals surface area (Å²) in [5.74, 6) is 0. The Balaban J connectivity index is 2.89. The molecule has 0 radical (unpaired) electrons. The lowest BCUT2D eigenvalue weighted by Crippen LogP contribution is -2.37. The Labute approximate surface area is 83.9 Å². The van der Waals surface area contributed by atoms with Crippen molar-refractivity contribution >= 4 is 6.21 Å². The summed E-state index contributed by atoms with van der Waals surface area (Å²) in [6, 6.07) is 9.32. The van der Waals surface area contributed by atoms with Gasteiger partial charge in [0.2, 0.25) is 0 Å². The molecule has 76 valence electrons. The van der Waals surface area contributed by atoms with Crippen LogP contribution in [0.4, 0.5) is 0 Å². The van der Waals surface area contributed by atoms with E-state index < -0.39 is 5.54 Å². The molecule has 1 rings (SSSR count). The average molecular weight is 193 g/mol. The van der Waals surface area contributed by atoms with Crippen molar-refractivity contribution in [1.82, 2.24) is 0 Å². The van der Waals surface area contributed by atoms with Gasteiger partial charge >= 0.3 is 0 Å². The molecule has 0 spiro atoms. The van der Waals surface area contributed by atoms with Gasteiger partial charge in [0.15, 0.2) is 11.8 Å². The van der Waals surface area contributed by atoms with Crippen LogP contribution in [-0.2, 0) is 0 Å². The summed E-state index contributed by atoms with van der Waals surface area (Å²) in [5.41, 5.74) is 0.0690. The Morgan fingerprint density at radius 2 is 1.93 bits per heavy atom. The zero-order valence-corrected chi connectivity index (χ0v) is 8.47. The molecule has 1 aromatic rings. The number of aliphatic hydroxyl groups excluding tert-OH is 1. The fourth-order valence-electron chi connectivity index (χ4n) is 0.919. The third-order valence-electron chi connectivity index (χ3n) is 2.05. The van der Waals surface area contributed by atoms with Gasteiger partial charge in [0.1, 0.15) is 6.61 Å². The van der Waals surface area contributed by atoms with Gasteiger partial charge < -0.3 is 10.3 Å². The van der Waals surface area contributed by atoms with Crippen LogP contribution in [0.3, 0.4) is 0 Å². The SMILES string of the molecule is CC(C)(CO)/[N+]([O-])=C/c1ccccc1. The number of aliphatic hydroxyl groups is 1. The summed E-state index contributed by atoms with van der Waals surface area (Å²) in [6.07, 6.45) is 1.48. The van der Waals surface area contributed by atoms with Crippen LogP contribution < -0.4 is 0 Å². The first-order chi connectivity index (χ1) is 6.56. The molecule has 0 aliphatic rings. The van der Waals surface area contributed by atoms with E-state index in [1.54, 1.807) is 13.8 Å². The van der Waals surface area contributed by atoms with Crippen LogP contribution in [0.5, 0.6) is 0 Å². The van der Waals surface area contributed by atoms with E-state index in [-0.39, 0.29) is 6.61 Å². The highest BCUT2D eigenvalue weighted by atomic mass is 16.5. The quantitative estimate of drug-likeness (QED) is 0.341.